The molecule has 2 aromatic carbocycles. The van der Waals surface area contributed by atoms with Crippen LogP contribution in [0.2, 0.25) is 0 Å². The monoisotopic (exact) mass is 505 g/mol. The molecule has 1 heterocycles. The van der Waals surface area contributed by atoms with Crippen LogP contribution in [0, 0.1) is 0 Å². The Morgan fingerprint density at radius 1 is 1.07 bits per heavy atom. The number of aliphatic imine (C=N–C) groups is 1. The Labute approximate surface area is 189 Å². The van der Waals surface area contributed by atoms with Gasteiger partial charge in [-0.15, -0.1) is 24.0 Å². The van der Waals surface area contributed by atoms with Crippen LogP contribution in [-0.2, 0) is 19.5 Å². The molecule has 0 unspecified atom stereocenters. The Morgan fingerprint density at radius 3 is 2.55 bits per heavy atom. The molecule has 0 amide bonds. The van der Waals surface area contributed by atoms with Crippen LogP contribution in [0.25, 0.3) is 0 Å². The van der Waals surface area contributed by atoms with Gasteiger partial charge in [0.1, 0.15) is 5.75 Å². The molecule has 6 nitrogen and oxygen atoms in total. The third-order valence-corrected chi connectivity index (χ3v) is 4.46. The van der Waals surface area contributed by atoms with Gasteiger partial charge in [0.25, 0.3) is 0 Å². The minimum Gasteiger partial charge on any atom is -0.497 e. The number of aromatic nitrogens is 2. The van der Waals surface area contributed by atoms with Gasteiger partial charge in [-0.2, -0.15) is 0 Å². The first-order valence-corrected chi connectivity index (χ1v) is 9.38. The molecule has 0 saturated heterocycles. The van der Waals surface area contributed by atoms with E-state index in [2.05, 4.69) is 61.6 Å². The van der Waals surface area contributed by atoms with Gasteiger partial charge in [0.15, 0.2) is 5.96 Å². The topological polar surface area (TPSA) is 63.5 Å². The van der Waals surface area contributed by atoms with E-state index in [0.29, 0.717) is 0 Å². The van der Waals surface area contributed by atoms with E-state index >= 15 is 0 Å². The molecule has 154 valence electrons. The first kappa shape index (κ1) is 22.7. The molecule has 0 saturated carbocycles. The number of imidazole rings is 1. The first-order chi connectivity index (χ1) is 13.8. The molecular formula is C22H28IN5O. The summed E-state index contributed by atoms with van der Waals surface area (Å²) in [6.45, 7) is 2.36. The third-order valence-electron chi connectivity index (χ3n) is 4.46. The summed E-state index contributed by atoms with van der Waals surface area (Å²) in [5.74, 6) is 1.68. The van der Waals surface area contributed by atoms with Crippen molar-refractivity contribution in [2.45, 2.75) is 19.5 Å². The average Bonchev–Trinajstić information content (AvgIpc) is 3.24. The standard InChI is InChI=1S/C22H27N5O.HI/c1-23-22(25-11-10-18-6-8-21(28-2)9-7-18)26-15-19-4-3-5-20(14-19)16-27-13-12-24-17-27;/h3-9,12-14,17H,10-11,15-16H2,1-2H3,(H2,23,25,26);1H. The molecule has 2 N–H and O–H groups in total. The number of ether oxygens (including phenoxy) is 1. The Bertz CT molecular complexity index is 878. The fourth-order valence-electron chi connectivity index (χ4n) is 2.95. The zero-order valence-electron chi connectivity index (χ0n) is 16.8. The number of nitrogens with one attached hydrogen (secondary N) is 2. The van der Waals surface area contributed by atoms with Crippen molar-refractivity contribution in [1.82, 2.24) is 20.2 Å². The van der Waals surface area contributed by atoms with E-state index in [9.17, 15) is 0 Å². The molecule has 3 aromatic rings. The lowest BCUT2D eigenvalue weighted by atomic mass is 10.1. The van der Waals surface area contributed by atoms with Crippen LogP contribution in [-0.4, -0.2) is 36.2 Å². The summed E-state index contributed by atoms with van der Waals surface area (Å²) in [7, 11) is 3.47. The minimum atomic E-state index is 0. The summed E-state index contributed by atoms with van der Waals surface area (Å²) in [5.41, 5.74) is 3.73. The van der Waals surface area contributed by atoms with E-state index in [1.807, 2.05) is 24.7 Å². The van der Waals surface area contributed by atoms with Crippen molar-refractivity contribution in [3.63, 3.8) is 0 Å². The minimum absolute atomic E-state index is 0. The predicted molar refractivity (Wildman–Crippen MR) is 128 cm³/mol. The van der Waals surface area contributed by atoms with Gasteiger partial charge in [0.05, 0.1) is 13.4 Å². The lowest BCUT2D eigenvalue weighted by molar-refractivity contribution is 0.414. The first-order valence-electron chi connectivity index (χ1n) is 9.38. The average molecular weight is 505 g/mol. The van der Waals surface area contributed by atoms with Gasteiger partial charge < -0.3 is 19.9 Å². The lowest BCUT2D eigenvalue weighted by Gasteiger charge is -2.13. The smallest absolute Gasteiger partial charge is 0.191 e. The maximum Gasteiger partial charge on any atom is 0.191 e. The second-order valence-corrected chi connectivity index (χ2v) is 6.51. The van der Waals surface area contributed by atoms with E-state index in [1.165, 1.54) is 16.7 Å². The van der Waals surface area contributed by atoms with Gasteiger partial charge >= 0.3 is 0 Å². The highest BCUT2D eigenvalue weighted by atomic mass is 127. The van der Waals surface area contributed by atoms with Crippen molar-refractivity contribution in [2.75, 3.05) is 20.7 Å². The van der Waals surface area contributed by atoms with Crippen LogP contribution in [0.1, 0.15) is 16.7 Å². The van der Waals surface area contributed by atoms with Crippen molar-refractivity contribution < 1.29 is 4.74 Å². The molecule has 7 heteroatoms. The fourth-order valence-corrected chi connectivity index (χ4v) is 2.95. The van der Waals surface area contributed by atoms with E-state index in [0.717, 1.165) is 37.8 Å². The quantitative estimate of drug-likeness (QED) is 0.280. The van der Waals surface area contributed by atoms with E-state index < -0.39 is 0 Å². The molecule has 0 aliphatic carbocycles. The van der Waals surface area contributed by atoms with E-state index in [-0.39, 0.29) is 24.0 Å². The van der Waals surface area contributed by atoms with Gasteiger partial charge in [-0.05, 0) is 35.2 Å². The summed E-state index contributed by atoms with van der Waals surface area (Å²) in [4.78, 5) is 8.40. The van der Waals surface area contributed by atoms with E-state index in [1.54, 1.807) is 20.4 Å². The van der Waals surface area contributed by atoms with Crippen LogP contribution in [0.4, 0.5) is 0 Å². The molecule has 3 rings (SSSR count). The Morgan fingerprint density at radius 2 is 1.86 bits per heavy atom. The van der Waals surface area contributed by atoms with Crippen molar-refractivity contribution in [2.24, 2.45) is 4.99 Å². The van der Waals surface area contributed by atoms with Gasteiger partial charge in [-0.3, -0.25) is 4.99 Å². The van der Waals surface area contributed by atoms with Gasteiger partial charge in [0.2, 0.25) is 0 Å². The largest absolute Gasteiger partial charge is 0.497 e. The molecule has 0 bridgehead atoms. The molecule has 0 aliphatic rings. The zero-order valence-corrected chi connectivity index (χ0v) is 19.2. The van der Waals surface area contributed by atoms with Gasteiger partial charge in [-0.25, -0.2) is 4.98 Å². The normalized spacial score (nSPS) is 10.9. The lowest BCUT2D eigenvalue weighted by Crippen LogP contribution is -2.37. The highest BCUT2D eigenvalue weighted by molar-refractivity contribution is 14.0. The van der Waals surface area contributed by atoms with Crippen molar-refractivity contribution in [3.05, 3.63) is 83.9 Å². The highest BCUT2D eigenvalue weighted by Crippen LogP contribution is 2.11. The molecular weight excluding hydrogens is 477 g/mol. The molecule has 0 aliphatic heterocycles. The van der Waals surface area contributed by atoms with Crippen molar-refractivity contribution >= 4 is 29.9 Å². The van der Waals surface area contributed by atoms with Gasteiger partial charge in [-0.1, -0.05) is 36.4 Å². The Hall–Kier alpha value is -2.55. The molecule has 1 aromatic heterocycles. The van der Waals surface area contributed by atoms with Crippen LogP contribution in [0.15, 0.2) is 72.2 Å². The second-order valence-electron chi connectivity index (χ2n) is 6.51. The molecule has 0 fully saturated rings. The SMILES string of the molecule is CN=C(NCCc1ccc(OC)cc1)NCc1cccc(Cn2ccnc2)c1.I. The zero-order chi connectivity index (χ0) is 19.6. The maximum absolute atomic E-state index is 5.19. The van der Waals surface area contributed by atoms with Crippen LogP contribution in [0.5, 0.6) is 5.75 Å². The van der Waals surface area contributed by atoms with E-state index in [4.69, 9.17) is 4.74 Å². The molecule has 0 atom stereocenters. The number of methoxy groups -OCH3 is 1. The summed E-state index contributed by atoms with van der Waals surface area (Å²) in [5, 5.41) is 6.74. The maximum atomic E-state index is 5.19. The third kappa shape index (κ3) is 7.41. The van der Waals surface area contributed by atoms with Crippen molar-refractivity contribution in [3.8, 4) is 5.75 Å². The highest BCUT2D eigenvalue weighted by Gasteiger charge is 2.01. The second kappa shape index (κ2) is 12.1. The predicted octanol–water partition coefficient (Wildman–Crippen LogP) is 3.47. The molecule has 0 radical (unpaired) electrons. The summed E-state index contributed by atoms with van der Waals surface area (Å²) in [6.07, 6.45) is 6.52. The van der Waals surface area contributed by atoms with Crippen LogP contribution < -0.4 is 15.4 Å². The summed E-state index contributed by atoms with van der Waals surface area (Å²) >= 11 is 0. The number of guanidine groups is 1. The summed E-state index contributed by atoms with van der Waals surface area (Å²) in [6, 6.07) is 16.7. The van der Waals surface area contributed by atoms with Crippen LogP contribution >= 0.6 is 24.0 Å². The molecule has 0 spiro atoms. The fraction of sp³-hybridized carbons (Fsp3) is 0.273. The summed E-state index contributed by atoms with van der Waals surface area (Å²) < 4.78 is 7.25. The number of hydrogen-bond donors (Lipinski definition) is 2. The number of rotatable bonds is 8. The number of nitrogens with zero attached hydrogens (tertiary/aromatic N) is 3. The van der Waals surface area contributed by atoms with Crippen LogP contribution in [0.3, 0.4) is 0 Å². The Kier molecular flexibility index (Phi) is 9.49. The number of halogens is 1. The number of hydrogen-bond acceptors (Lipinski definition) is 3. The number of benzene rings is 2. The Balaban J connectivity index is 0.00000300. The molecule has 29 heavy (non-hydrogen) atoms. The van der Waals surface area contributed by atoms with Gasteiger partial charge in [0, 0.05) is 39.1 Å². The van der Waals surface area contributed by atoms with Crippen molar-refractivity contribution in [1.29, 1.82) is 0 Å².